The van der Waals surface area contributed by atoms with E-state index >= 15 is 0 Å². The first-order chi connectivity index (χ1) is 11.0. The van der Waals surface area contributed by atoms with Crippen LogP contribution >= 0.6 is 0 Å². The molecule has 0 aromatic carbocycles. The molecule has 0 radical (unpaired) electrons. The fraction of sp³-hybridized carbons (Fsp3) is 0.312. The quantitative estimate of drug-likeness (QED) is 0.540. The second kappa shape index (κ2) is 7.42. The molecule has 0 spiro atoms. The van der Waals surface area contributed by atoms with Crippen molar-refractivity contribution >= 4 is 17.6 Å². The van der Waals surface area contributed by atoms with Crippen molar-refractivity contribution in [1.29, 1.82) is 0 Å². The van der Waals surface area contributed by atoms with E-state index in [-0.39, 0.29) is 0 Å². The Bertz CT molecular complexity index is 650. The number of hydrogen-bond acceptors (Lipinski definition) is 5. The second-order valence-corrected chi connectivity index (χ2v) is 5.22. The number of carboxylic acids is 2. The van der Waals surface area contributed by atoms with E-state index in [4.69, 9.17) is 16.6 Å². The molecule has 2 fully saturated rings. The summed E-state index contributed by atoms with van der Waals surface area (Å²) in [6.07, 6.45) is 10.1. The van der Waals surface area contributed by atoms with Gasteiger partial charge in [-0.25, -0.2) is 9.59 Å². The number of carboxylic acid groups (broad SMARTS) is 2. The first-order valence-corrected chi connectivity index (χ1v) is 7.04. The van der Waals surface area contributed by atoms with Crippen LogP contribution in [0.25, 0.3) is 0 Å². The molecule has 0 saturated carbocycles. The molecule has 7 heteroatoms. The standard InChI is InChI=1S/C12H13N3.C4H4O4/c1-2-9-3-11(6-13-4-9)15-8-10-5-14-7-12(10)15;5-3(6)1-2-4(7)8/h1,3-4,6,10,12,14H,5,7-8H2;1-2H,(H,5,6)(H,7,8)/t10-,12-;/m0./s1. The lowest BCUT2D eigenvalue weighted by Gasteiger charge is -2.45. The lowest BCUT2D eigenvalue weighted by Crippen LogP contribution is -2.55. The van der Waals surface area contributed by atoms with Crippen LogP contribution in [0.4, 0.5) is 5.69 Å². The Kier molecular flexibility index (Phi) is 5.33. The van der Waals surface area contributed by atoms with Crippen molar-refractivity contribution in [1.82, 2.24) is 10.3 Å². The van der Waals surface area contributed by atoms with Gasteiger partial charge in [0.15, 0.2) is 0 Å². The molecule has 3 heterocycles. The van der Waals surface area contributed by atoms with Gasteiger partial charge in [-0.3, -0.25) is 4.98 Å². The number of anilines is 1. The molecule has 3 N–H and O–H groups in total. The Morgan fingerprint density at radius 2 is 2.00 bits per heavy atom. The minimum atomic E-state index is -1.26. The van der Waals surface area contributed by atoms with Crippen molar-refractivity contribution in [2.24, 2.45) is 5.92 Å². The third-order valence-corrected chi connectivity index (χ3v) is 3.73. The third-order valence-electron chi connectivity index (χ3n) is 3.73. The lowest BCUT2D eigenvalue weighted by atomic mass is 9.91. The topological polar surface area (TPSA) is 103 Å². The van der Waals surface area contributed by atoms with Gasteiger partial charge in [-0.15, -0.1) is 6.42 Å². The average Bonchev–Trinajstić information content (AvgIpc) is 2.87. The number of nitrogens with one attached hydrogen (secondary N) is 1. The number of fused-ring (bicyclic) bond motifs is 1. The Labute approximate surface area is 133 Å². The molecule has 1 aromatic rings. The molecule has 0 aliphatic carbocycles. The first-order valence-electron chi connectivity index (χ1n) is 7.04. The Morgan fingerprint density at radius 1 is 1.30 bits per heavy atom. The maximum atomic E-state index is 9.55. The van der Waals surface area contributed by atoms with Crippen molar-refractivity contribution in [2.45, 2.75) is 6.04 Å². The predicted molar refractivity (Wildman–Crippen MR) is 84.1 cm³/mol. The fourth-order valence-corrected chi connectivity index (χ4v) is 2.62. The van der Waals surface area contributed by atoms with Crippen LogP contribution in [0.2, 0.25) is 0 Å². The van der Waals surface area contributed by atoms with Gasteiger partial charge in [0.2, 0.25) is 0 Å². The predicted octanol–water partition coefficient (Wildman–Crippen LogP) is 0.183. The van der Waals surface area contributed by atoms with Gasteiger partial charge in [0.05, 0.1) is 11.9 Å². The third kappa shape index (κ3) is 4.31. The molecule has 1 aromatic heterocycles. The summed E-state index contributed by atoms with van der Waals surface area (Å²) >= 11 is 0. The summed E-state index contributed by atoms with van der Waals surface area (Å²) in [6.45, 7) is 3.38. The van der Waals surface area contributed by atoms with Gasteiger partial charge >= 0.3 is 11.9 Å². The van der Waals surface area contributed by atoms with Gasteiger partial charge in [-0.05, 0) is 6.07 Å². The summed E-state index contributed by atoms with van der Waals surface area (Å²) in [5.74, 6) is 0.930. The molecule has 23 heavy (non-hydrogen) atoms. The van der Waals surface area contributed by atoms with Crippen LogP contribution in [0.1, 0.15) is 5.56 Å². The molecule has 2 atom stereocenters. The SMILES string of the molecule is C#Cc1cncc(N2C[C@@H]3CNC[C@@H]32)c1.O=C(O)C=CC(=O)O. The number of terminal acetylenes is 1. The zero-order chi connectivity index (χ0) is 16.8. The van der Waals surface area contributed by atoms with Gasteiger partial charge in [0.1, 0.15) is 0 Å². The van der Waals surface area contributed by atoms with E-state index in [1.807, 2.05) is 12.3 Å². The van der Waals surface area contributed by atoms with E-state index in [9.17, 15) is 9.59 Å². The van der Waals surface area contributed by atoms with Crippen molar-refractivity contribution in [3.05, 3.63) is 36.2 Å². The second-order valence-electron chi connectivity index (χ2n) is 5.22. The zero-order valence-corrected chi connectivity index (χ0v) is 12.3. The van der Waals surface area contributed by atoms with Gasteiger partial charge in [-0.2, -0.15) is 0 Å². The van der Waals surface area contributed by atoms with E-state index in [1.165, 1.54) is 0 Å². The molecular weight excluding hydrogens is 298 g/mol. The highest BCUT2D eigenvalue weighted by Crippen LogP contribution is 2.32. The molecule has 2 saturated heterocycles. The van der Waals surface area contributed by atoms with Crippen LogP contribution in [-0.4, -0.2) is 52.8 Å². The number of hydrogen-bond donors (Lipinski definition) is 3. The van der Waals surface area contributed by atoms with E-state index in [0.29, 0.717) is 18.2 Å². The molecule has 2 aliphatic heterocycles. The maximum Gasteiger partial charge on any atom is 0.328 e. The number of nitrogens with zero attached hydrogens (tertiary/aromatic N) is 2. The van der Waals surface area contributed by atoms with Crippen LogP contribution in [0.15, 0.2) is 30.6 Å². The monoisotopic (exact) mass is 315 g/mol. The molecule has 0 unspecified atom stereocenters. The van der Waals surface area contributed by atoms with Crippen molar-refractivity contribution < 1.29 is 19.8 Å². The molecule has 0 bridgehead atoms. The molecule has 120 valence electrons. The minimum absolute atomic E-state index is 0.558. The zero-order valence-electron chi connectivity index (χ0n) is 12.3. The summed E-state index contributed by atoms with van der Waals surface area (Å²) in [5, 5.41) is 19.0. The van der Waals surface area contributed by atoms with E-state index < -0.39 is 11.9 Å². The molecule has 7 nitrogen and oxygen atoms in total. The van der Waals surface area contributed by atoms with Crippen molar-refractivity contribution in [3.8, 4) is 12.3 Å². The number of rotatable bonds is 3. The number of aromatic nitrogens is 1. The van der Waals surface area contributed by atoms with E-state index in [0.717, 1.165) is 36.8 Å². The summed E-state index contributed by atoms with van der Waals surface area (Å²) in [5.41, 5.74) is 2.03. The van der Waals surface area contributed by atoms with Crippen LogP contribution in [0, 0.1) is 18.3 Å². The maximum absolute atomic E-state index is 9.55. The van der Waals surface area contributed by atoms with Crippen LogP contribution < -0.4 is 10.2 Å². The summed E-state index contributed by atoms with van der Waals surface area (Å²) in [6, 6.07) is 2.70. The van der Waals surface area contributed by atoms with Gasteiger partial charge in [0, 0.05) is 55.5 Å². The normalized spacial score (nSPS) is 21.6. The average molecular weight is 315 g/mol. The van der Waals surface area contributed by atoms with Crippen LogP contribution in [0.3, 0.4) is 0 Å². The van der Waals surface area contributed by atoms with Crippen LogP contribution in [-0.2, 0) is 9.59 Å². The first kappa shape index (κ1) is 16.5. The van der Waals surface area contributed by atoms with Gasteiger partial charge in [-0.1, -0.05) is 5.92 Å². The molecule has 3 rings (SSSR count). The van der Waals surface area contributed by atoms with E-state index in [1.54, 1.807) is 6.20 Å². The highest BCUT2D eigenvalue weighted by Gasteiger charge is 2.42. The largest absolute Gasteiger partial charge is 0.478 e. The summed E-state index contributed by atoms with van der Waals surface area (Å²) in [4.78, 5) is 25.7. The highest BCUT2D eigenvalue weighted by atomic mass is 16.4. The lowest BCUT2D eigenvalue weighted by molar-refractivity contribution is -0.134. The van der Waals surface area contributed by atoms with E-state index in [2.05, 4.69) is 21.1 Å². The summed E-state index contributed by atoms with van der Waals surface area (Å²) in [7, 11) is 0. The molecule has 2 aliphatic rings. The van der Waals surface area contributed by atoms with Crippen molar-refractivity contribution in [2.75, 3.05) is 24.5 Å². The van der Waals surface area contributed by atoms with Crippen LogP contribution in [0.5, 0.6) is 0 Å². The fourth-order valence-electron chi connectivity index (χ4n) is 2.62. The minimum Gasteiger partial charge on any atom is -0.478 e. The number of carbonyl (C=O) groups is 2. The Hall–Kier alpha value is -2.85. The smallest absolute Gasteiger partial charge is 0.328 e. The molecule has 0 amide bonds. The van der Waals surface area contributed by atoms with Gasteiger partial charge in [0.25, 0.3) is 0 Å². The van der Waals surface area contributed by atoms with Gasteiger partial charge < -0.3 is 20.4 Å². The number of pyridine rings is 1. The Balaban J connectivity index is 0.000000207. The highest BCUT2D eigenvalue weighted by molar-refractivity contribution is 5.89. The molecular formula is C16H17N3O4. The summed E-state index contributed by atoms with van der Waals surface area (Å²) < 4.78 is 0. The van der Waals surface area contributed by atoms with Crippen molar-refractivity contribution in [3.63, 3.8) is 0 Å². The number of aliphatic carboxylic acids is 2. The Morgan fingerprint density at radius 3 is 2.57 bits per heavy atom.